The first-order chi connectivity index (χ1) is 16.0. The molecule has 0 radical (unpaired) electrons. The van der Waals surface area contributed by atoms with Gasteiger partial charge in [0.05, 0.1) is 11.2 Å². The van der Waals surface area contributed by atoms with Crippen LogP contribution in [0, 0.1) is 11.8 Å². The number of nitrogens with one attached hydrogen (secondary N) is 2. The fraction of sp³-hybridized carbons (Fsp3) is 0.692. The zero-order valence-corrected chi connectivity index (χ0v) is 21.1. The van der Waals surface area contributed by atoms with Gasteiger partial charge in [-0.1, -0.05) is 33.8 Å². The fourth-order valence-electron chi connectivity index (χ4n) is 5.26. The van der Waals surface area contributed by atoms with Gasteiger partial charge in [0.15, 0.2) is 0 Å². The molecule has 0 unspecified atom stereocenters. The third kappa shape index (κ3) is 7.34. The van der Waals surface area contributed by atoms with Crippen molar-refractivity contribution in [2.45, 2.75) is 77.4 Å². The van der Waals surface area contributed by atoms with Crippen LogP contribution in [-0.4, -0.2) is 69.5 Å². The third-order valence-corrected chi connectivity index (χ3v) is 6.90. The van der Waals surface area contributed by atoms with Gasteiger partial charge in [-0.05, 0) is 68.6 Å². The van der Waals surface area contributed by atoms with E-state index in [0.717, 1.165) is 12.8 Å². The number of carbonyl (C=O) groups excluding carboxylic acids is 2. The van der Waals surface area contributed by atoms with Crippen LogP contribution in [0.2, 0.25) is 0 Å². The molecule has 3 rings (SSSR count). The highest BCUT2D eigenvalue weighted by molar-refractivity contribution is 5.93. The van der Waals surface area contributed by atoms with Crippen molar-refractivity contribution in [3.63, 3.8) is 0 Å². The number of rotatable bonds is 6. The smallest absolute Gasteiger partial charge is 0.321 e. The van der Waals surface area contributed by atoms with Crippen molar-refractivity contribution >= 4 is 23.4 Å². The van der Waals surface area contributed by atoms with Crippen molar-refractivity contribution in [1.29, 1.82) is 0 Å². The Balaban J connectivity index is 1.49. The Labute approximate surface area is 203 Å². The van der Waals surface area contributed by atoms with Crippen molar-refractivity contribution in [3.05, 3.63) is 24.3 Å². The van der Waals surface area contributed by atoms with Crippen molar-refractivity contribution in [1.82, 2.24) is 9.80 Å². The Morgan fingerprint density at radius 1 is 0.794 bits per heavy atom. The van der Waals surface area contributed by atoms with E-state index in [2.05, 4.69) is 38.3 Å². The molecule has 1 aromatic carbocycles. The number of piperidine rings is 2. The highest BCUT2D eigenvalue weighted by Gasteiger charge is 2.35. The number of benzene rings is 1. The van der Waals surface area contributed by atoms with Gasteiger partial charge in [-0.25, -0.2) is 9.59 Å². The number of amides is 4. The van der Waals surface area contributed by atoms with Gasteiger partial charge in [0.1, 0.15) is 0 Å². The molecule has 190 valence electrons. The van der Waals surface area contributed by atoms with Crippen molar-refractivity contribution in [2.75, 3.05) is 36.8 Å². The molecule has 0 aliphatic carbocycles. The van der Waals surface area contributed by atoms with Crippen molar-refractivity contribution in [3.8, 4) is 0 Å². The Morgan fingerprint density at radius 2 is 1.15 bits per heavy atom. The Morgan fingerprint density at radius 3 is 1.47 bits per heavy atom. The van der Waals surface area contributed by atoms with E-state index in [-0.39, 0.29) is 12.1 Å². The fourth-order valence-corrected chi connectivity index (χ4v) is 5.26. The van der Waals surface area contributed by atoms with E-state index in [1.54, 1.807) is 34.1 Å². The third-order valence-electron chi connectivity index (χ3n) is 6.90. The number of anilines is 2. The van der Waals surface area contributed by atoms with E-state index >= 15 is 0 Å². The summed E-state index contributed by atoms with van der Waals surface area (Å²) in [4.78, 5) is 28.9. The van der Waals surface area contributed by atoms with Crippen LogP contribution in [0.15, 0.2) is 24.3 Å². The van der Waals surface area contributed by atoms with Gasteiger partial charge in [0.25, 0.3) is 0 Å². The monoisotopic (exact) mass is 474 g/mol. The van der Waals surface area contributed by atoms with Crippen LogP contribution in [0.5, 0.6) is 0 Å². The Bertz CT molecular complexity index is 776. The molecule has 2 aliphatic heterocycles. The average Bonchev–Trinajstić information content (AvgIpc) is 2.73. The molecule has 8 heteroatoms. The molecule has 2 aliphatic rings. The maximum Gasteiger partial charge on any atom is 0.321 e. The van der Waals surface area contributed by atoms with Crippen LogP contribution in [0.4, 0.5) is 21.0 Å². The van der Waals surface area contributed by atoms with E-state index in [1.165, 1.54) is 0 Å². The molecule has 2 fully saturated rings. The number of carbonyl (C=O) groups is 2. The number of likely N-dealkylation sites (tertiary alicyclic amines) is 2. The second kappa shape index (κ2) is 11.0. The van der Waals surface area contributed by atoms with Gasteiger partial charge in [-0.2, -0.15) is 0 Å². The van der Waals surface area contributed by atoms with Crippen LogP contribution >= 0.6 is 0 Å². The highest BCUT2D eigenvalue weighted by atomic mass is 16.3. The summed E-state index contributed by atoms with van der Waals surface area (Å²) in [6, 6.07) is 6.72. The summed E-state index contributed by atoms with van der Waals surface area (Å²) in [6.45, 7) is 10.5. The molecule has 4 amide bonds. The van der Waals surface area contributed by atoms with Gasteiger partial charge >= 0.3 is 12.1 Å². The first-order valence-electron chi connectivity index (χ1n) is 12.6. The lowest BCUT2D eigenvalue weighted by atomic mass is 9.84. The molecule has 0 atom stereocenters. The molecule has 0 spiro atoms. The summed E-state index contributed by atoms with van der Waals surface area (Å²) < 4.78 is 0. The summed E-state index contributed by atoms with van der Waals surface area (Å²) in [5.41, 5.74) is -0.158. The van der Waals surface area contributed by atoms with Gasteiger partial charge < -0.3 is 30.6 Å². The number of hydrogen-bond donors (Lipinski definition) is 4. The second-order valence-electron chi connectivity index (χ2n) is 11.1. The highest BCUT2D eigenvalue weighted by Crippen LogP contribution is 2.30. The van der Waals surface area contributed by atoms with Crippen molar-refractivity contribution in [2.24, 2.45) is 11.8 Å². The topological polar surface area (TPSA) is 105 Å². The summed E-state index contributed by atoms with van der Waals surface area (Å²) in [5.74, 6) is 0.832. The Hall–Kier alpha value is -2.32. The summed E-state index contributed by atoms with van der Waals surface area (Å²) in [7, 11) is 0. The molecule has 0 aromatic heterocycles. The Kier molecular flexibility index (Phi) is 8.47. The lowest BCUT2D eigenvalue weighted by Crippen LogP contribution is -2.48. The van der Waals surface area contributed by atoms with Crippen LogP contribution in [-0.2, 0) is 0 Å². The quantitative estimate of drug-likeness (QED) is 0.487. The first kappa shape index (κ1) is 26.3. The molecule has 2 heterocycles. The number of nitrogens with zero attached hydrogens (tertiary/aromatic N) is 2. The average molecular weight is 475 g/mol. The molecule has 34 heavy (non-hydrogen) atoms. The maximum atomic E-state index is 12.7. The second-order valence-corrected chi connectivity index (χ2v) is 11.1. The molecular formula is C26H42N4O4. The SMILES string of the molecule is CC(C)CC1(O)CCN(C(=O)Nc2cccc(NC(=O)N3CCC(O)(CC(C)C)CC3)c2)CC1. The van der Waals surface area contributed by atoms with Gasteiger partial charge in [-0.15, -0.1) is 0 Å². The van der Waals surface area contributed by atoms with E-state index in [4.69, 9.17) is 0 Å². The van der Waals surface area contributed by atoms with E-state index in [0.29, 0.717) is 75.1 Å². The number of urea groups is 2. The van der Waals surface area contributed by atoms with Crippen LogP contribution in [0.1, 0.15) is 66.2 Å². The number of hydrogen-bond acceptors (Lipinski definition) is 4. The largest absolute Gasteiger partial charge is 0.390 e. The van der Waals surface area contributed by atoms with Gasteiger partial charge in [-0.3, -0.25) is 0 Å². The minimum Gasteiger partial charge on any atom is -0.390 e. The standard InChI is InChI=1S/C26H42N4O4/c1-19(2)17-25(33)8-12-29(13-9-25)23(31)27-21-6-5-7-22(16-21)28-24(32)30-14-10-26(34,11-15-30)18-20(3)4/h5-7,16,19-20,33-34H,8-15,17-18H2,1-4H3,(H,27,31)(H,28,32). The molecule has 8 nitrogen and oxygen atoms in total. The zero-order valence-electron chi connectivity index (χ0n) is 21.1. The lowest BCUT2D eigenvalue weighted by molar-refractivity contribution is -0.0274. The normalized spacial score (nSPS) is 19.9. The minimum atomic E-state index is -0.686. The lowest BCUT2D eigenvalue weighted by Gasteiger charge is -2.39. The van der Waals surface area contributed by atoms with E-state index in [9.17, 15) is 19.8 Å². The van der Waals surface area contributed by atoms with Crippen LogP contribution < -0.4 is 10.6 Å². The molecular weight excluding hydrogens is 432 g/mol. The van der Waals surface area contributed by atoms with Crippen LogP contribution in [0.25, 0.3) is 0 Å². The molecule has 1 aromatic rings. The zero-order chi connectivity index (χ0) is 24.9. The van der Waals surface area contributed by atoms with Gasteiger partial charge in [0, 0.05) is 37.6 Å². The van der Waals surface area contributed by atoms with E-state index < -0.39 is 11.2 Å². The summed E-state index contributed by atoms with van der Waals surface area (Å²) >= 11 is 0. The van der Waals surface area contributed by atoms with Gasteiger partial charge in [0.2, 0.25) is 0 Å². The predicted molar refractivity (Wildman–Crippen MR) is 135 cm³/mol. The first-order valence-corrected chi connectivity index (χ1v) is 12.6. The molecule has 4 N–H and O–H groups in total. The molecule has 0 saturated carbocycles. The maximum absolute atomic E-state index is 12.7. The molecule has 0 bridgehead atoms. The summed E-state index contributed by atoms with van der Waals surface area (Å²) in [5, 5.41) is 27.2. The number of aliphatic hydroxyl groups is 2. The van der Waals surface area contributed by atoms with E-state index in [1.807, 2.05) is 0 Å². The van der Waals surface area contributed by atoms with Crippen molar-refractivity contribution < 1.29 is 19.8 Å². The predicted octanol–water partition coefficient (Wildman–Crippen LogP) is 4.50. The molecule has 2 saturated heterocycles. The summed E-state index contributed by atoms with van der Waals surface area (Å²) in [6.07, 6.45) is 3.82. The minimum absolute atomic E-state index is 0.199. The van der Waals surface area contributed by atoms with Crippen LogP contribution in [0.3, 0.4) is 0 Å².